The first-order chi connectivity index (χ1) is 8.83. The van der Waals surface area contributed by atoms with Crippen molar-refractivity contribution in [2.24, 2.45) is 0 Å². The highest BCUT2D eigenvalue weighted by atomic mass is 32.1. The van der Waals surface area contributed by atoms with E-state index in [-0.39, 0.29) is 5.56 Å². The lowest BCUT2D eigenvalue weighted by Gasteiger charge is -1.99. The molecule has 5 heteroatoms. The predicted octanol–water partition coefficient (Wildman–Crippen LogP) is 2.46. The Morgan fingerprint density at radius 3 is 2.94 bits per heavy atom. The van der Waals surface area contributed by atoms with Crippen LogP contribution < -0.4 is 5.56 Å². The van der Waals surface area contributed by atoms with Crippen LogP contribution >= 0.6 is 11.3 Å². The minimum atomic E-state index is -0.300. The Labute approximate surface area is 105 Å². The molecule has 0 saturated carbocycles. The standard InChI is InChI=1S/C13H7N3OS/c17-11-7-14-16-12-9-4-2-1-3-8(9)5-6-10(12)18-13(16)15-11/h1-7H. The average Bonchev–Trinajstić information content (AvgIpc) is 2.76. The molecule has 2 aromatic carbocycles. The van der Waals surface area contributed by atoms with Gasteiger partial charge < -0.3 is 0 Å². The van der Waals surface area contributed by atoms with E-state index in [1.165, 1.54) is 17.5 Å². The molecule has 0 radical (unpaired) electrons. The van der Waals surface area contributed by atoms with Crippen molar-refractivity contribution < 1.29 is 0 Å². The summed E-state index contributed by atoms with van der Waals surface area (Å²) in [6.45, 7) is 0. The minimum absolute atomic E-state index is 0.300. The first-order valence-electron chi connectivity index (χ1n) is 5.49. The van der Waals surface area contributed by atoms with Crippen LogP contribution in [0, 0.1) is 0 Å². The highest BCUT2D eigenvalue weighted by Crippen LogP contribution is 2.30. The van der Waals surface area contributed by atoms with E-state index in [0.717, 1.165) is 21.0 Å². The second-order valence-electron chi connectivity index (χ2n) is 4.02. The molecule has 2 heterocycles. The first-order valence-corrected chi connectivity index (χ1v) is 6.31. The Kier molecular flexibility index (Phi) is 1.82. The number of benzene rings is 2. The number of thiazole rings is 1. The van der Waals surface area contributed by atoms with Gasteiger partial charge in [-0.15, -0.1) is 0 Å². The monoisotopic (exact) mass is 253 g/mol. The summed E-state index contributed by atoms with van der Waals surface area (Å²) in [5.74, 6) is 0. The average molecular weight is 253 g/mol. The van der Waals surface area contributed by atoms with Gasteiger partial charge in [-0.05, 0) is 11.5 Å². The third-order valence-electron chi connectivity index (χ3n) is 2.95. The number of hydrogen-bond acceptors (Lipinski definition) is 4. The van der Waals surface area contributed by atoms with Gasteiger partial charge in [0, 0.05) is 5.39 Å². The van der Waals surface area contributed by atoms with Crippen LogP contribution in [-0.2, 0) is 0 Å². The van der Waals surface area contributed by atoms with Crippen LogP contribution in [0.25, 0.3) is 25.9 Å². The summed E-state index contributed by atoms with van der Waals surface area (Å²) in [6, 6.07) is 12.3. The van der Waals surface area contributed by atoms with E-state index in [1.54, 1.807) is 4.52 Å². The van der Waals surface area contributed by atoms with Crippen molar-refractivity contribution >= 4 is 37.3 Å². The lowest BCUT2D eigenvalue weighted by atomic mass is 10.1. The molecule has 4 nitrogen and oxygen atoms in total. The smallest absolute Gasteiger partial charge is 0.266 e. The summed E-state index contributed by atoms with van der Waals surface area (Å²) in [6.07, 6.45) is 1.25. The number of nitrogens with zero attached hydrogens (tertiary/aromatic N) is 3. The molecule has 0 saturated heterocycles. The quantitative estimate of drug-likeness (QED) is 0.483. The number of fused-ring (bicyclic) bond motifs is 5. The Morgan fingerprint density at radius 1 is 1.11 bits per heavy atom. The molecule has 0 aliphatic rings. The molecule has 0 spiro atoms. The summed E-state index contributed by atoms with van der Waals surface area (Å²) in [5, 5.41) is 6.45. The summed E-state index contributed by atoms with van der Waals surface area (Å²) in [4.78, 5) is 15.9. The van der Waals surface area contributed by atoms with E-state index < -0.39 is 0 Å². The molecule has 0 atom stereocenters. The second-order valence-corrected chi connectivity index (χ2v) is 5.03. The maximum atomic E-state index is 11.2. The zero-order chi connectivity index (χ0) is 12.1. The fourth-order valence-corrected chi connectivity index (χ4v) is 3.17. The van der Waals surface area contributed by atoms with Crippen LogP contribution in [0.2, 0.25) is 0 Å². The van der Waals surface area contributed by atoms with Gasteiger partial charge >= 0.3 is 0 Å². The van der Waals surface area contributed by atoms with E-state index in [2.05, 4.69) is 28.3 Å². The fraction of sp³-hybridized carbons (Fsp3) is 0. The van der Waals surface area contributed by atoms with Crippen molar-refractivity contribution in [3.05, 3.63) is 52.9 Å². The van der Waals surface area contributed by atoms with E-state index >= 15 is 0 Å². The largest absolute Gasteiger partial charge is 0.292 e. The predicted molar refractivity (Wildman–Crippen MR) is 72.1 cm³/mol. The molecule has 4 aromatic rings. The summed E-state index contributed by atoms with van der Waals surface area (Å²) in [7, 11) is 0. The van der Waals surface area contributed by atoms with Crippen LogP contribution in [0.1, 0.15) is 0 Å². The Hall–Kier alpha value is -2.27. The molecule has 18 heavy (non-hydrogen) atoms. The first kappa shape index (κ1) is 9.73. The third-order valence-corrected chi connectivity index (χ3v) is 3.94. The van der Waals surface area contributed by atoms with E-state index in [4.69, 9.17) is 0 Å². The van der Waals surface area contributed by atoms with E-state index in [0.29, 0.717) is 4.96 Å². The summed E-state index contributed by atoms with van der Waals surface area (Å²) >= 11 is 1.48. The SMILES string of the molecule is O=c1cnn2c(n1)sc1ccc3ccccc3c12. The molecular formula is C13H7N3OS. The molecule has 0 aliphatic heterocycles. The molecule has 0 unspecified atom stereocenters. The van der Waals surface area contributed by atoms with Crippen molar-refractivity contribution in [2.45, 2.75) is 0 Å². The van der Waals surface area contributed by atoms with Gasteiger partial charge in [-0.3, -0.25) is 4.79 Å². The summed E-state index contributed by atoms with van der Waals surface area (Å²) in [5.41, 5.74) is 0.714. The highest BCUT2D eigenvalue weighted by molar-refractivity contribution is 7.23. The third kappa shape index (κ3) is 1.22. The molecule has 0 bridgehead atoms. The maximum Gasteiger partial charge on any atom is 0.292 e. The Morgan fingerprint density at radius 2 is 2.00 bits per heavy atom. The lowest BCUT2D eigenvalue weighted by molar-refractivity contribution is 0.931. The number of rotatable bonds is 0. The Bertz CT molecular complexity index is 955. The van der Waals surface area contributed by atoms with Crippen molar-refractivity contribution in [1.29, 1.82) is 0 Å². The normalized spacial score (nSPS) is 11.6. The zero-order valence-corrected chi connectivity index (χ0v) is 10.0. The molecule has 0 fully saturated rings. The molecule has 0 amide bonds. The number of hydrogen-bond donors (Lipinski definition) is 0. The Balaban J connectivity index is 2.36. The van der Waals surface area contributed by atoms with Crippen molar-refractivity contribution in [2.75, 3.05) is 0 Å². The van der Waals surface area contributed by atoms with Gasteiger partial charge in [0.25, 0.3) is 5.56 Å². The van der Waals surface area contributed by atoms with Crippen molar-refractivity contribution in [3.8, 4) is 0 Å². The van der Waals surface area contributed by atoms with Crippen LogP contribution in [0.15, 0.2) is 47.4 Å². The van der Waals surface area contributed by atoms with Crippen LogP contribution in [0.3, 0.4) is 0 Å². The maximum absolute atomic E-state index is 11.2. The minimum Gasteiger partial charge on any atom is -0.266 e. The van der Waals surface area contributed by atoms with E-state index in [9.17, 15) is 4.79 Å². The van der Waals surface area contributed by atoms with Gasteiger partial charge in [-0.2, -0.15) is 10.1 Å². The number of aromatic nitrogens is 3. The van der Waals surface area contributed by atoms with Gasteiger partial charge in [-0.1, -0.05) is 41.7 Å². The molecule has 86 valence electrons. The molecule has 0 N–H and O–H groups in total. The molecule has 0 aliphatic carbocycles. The lowest BCUT2D eigenvalue weighted by Crippen LogP contribution is -2.08. The van der Waals surface area contributed by atoms with Gasteiger partial charge in [0.1, 0.15) is 6.20 Å². The fourth-order valence-electron chi connectivity index (χ4n) is 2.18. The van der Waals surface area contributed by atoms with Crippen LogP contribution in [0.5, 0.6) is 0 Å². The molecule has 4 rings (SSSR count). The molecular weight excluding hydrogens is 246 g/mol. The van der Waals surface area contributed by atoms with Gasteiger partial charge in [-0.25, -0.2) is 4.52 Å². The molecule has 2 aromatic heterocycles. The second kappa shape index (κ2) is 3.36. The van der Waals surface area contributed by atoms with Gasteiger partial charge in [0.15, 0.2) is 0 Å². The van der Waals surface area contributed by atoms with Gasteiger partial charge in [0.05, 0.1) is 10.2 Å². The topological polar surface area (TPSA) is 47.3 Å². The van der Waals surface area contributed by atoms with E-state index in [1.807, 2.05) is 18.2 Å². The summed E-state index contributed by atoms with van der Waals surface area (Å²) < 4.78 is 2.82. The zero-order valence-electron chi connectivity index (χ0n) is 9.20. The highest BCUT2D eigenvalue weighted by Gasteiger charge is 2.09. The van der Waals surface area contributed by atoms with Crippen LogP contribution in [0.4, 0.5) is 0 Å². The van der Waals surface area contributed by atoms with Crippen molar-refractivity contribution in [3.63, 3.8) is 0 Å². The van der Waals surface area contributed by atoms with Crippen molar-refractivity contribution in [1.82, 2.24) is 14.6 Å². The van der Waals surface area contributed by atoms with Gasteiger partial charge in [0.2, 0.25) is 4.96 Å². The van der Waals surface area contributed by atoms with Crippen LogP contribution in [-0.4, -0.2) is 14.6 Å².